The molecule has 1 aromatic rings. The second kappa shape index (κ2) is 5.07. The van der Waals surface area contributed by atoms with Gasteiger partial charge in [-0.25, -0.2) is 9.13 Å². The van der Waals surface area contributed by atoms with Crippen LogP contribution in [0.25, 0.3) is 0 Å². The third-order valence-corrected chi connectivity index (χ3v) is 1.71. The maximum Gasteiger partial charge on any atom is 0.525 e. The normalized spacial score (nSPS) is 13.5. The van der Waals surface area contributed by atoms with E-state index < -0.39 is 24.9 Å². The van der Waals surface area contributed by atoms with Gasteiger partial charge in [0.25, 0.3) is 6.36 Å². The van der Waals surface area contributed by atoms with Crippen LogP contribution in [0.3, 0.4) is 0 Å². The SMILES string of the molecule is O=C(Cc1ccccc1)C(F)OC(F)(F)F. The van der Waals surface area contributed by atoms with Gasteiger partial charge >= 0.3 is 6.36 Å². The quantitative estimate of drug-likeness (QED) is 0.751. The van der Waals surface area contributed by atoms with Crippen LogP contribution in [0.5, 0.6) is 0 Å². The number of hydrogen-bond donors (Lipinski definition) is 0. The first-order valence-electron chi connectivity index (χ1n) is 4.34. The monoisotopic (exact) mass is 236 g/mol. The molecule has 0 aliphatic carbocycles. The summed E-state index contributed by atoms with van der Waals surface area (Å²) in [5, 5.41) is 0. The minimum absolute atomic E-state index is 0.431. The highest BCUT2D eigenvalue weighted by Gasteiger charge is 2.36. The number of alkyl halides is 4. The largest absolute Gasteiger partial charge is 0.525 e. The van der Waals surface area contributed by atoms with Crippen molar-refractivity contribution in [2.45, 2.75) is 19.1 Å². The minimum Gasteiger partial charge on any atom is -0.293 e. The summed E-state index contributed by atoms with van der Waals surface area (Å²) in [6, 6.07) is 7.89. The van der Waals surface area contributed by atoms with Crippen LogP contribution < -0.4 is 0 Å². The van der Waals surface area contributed by atoms with Crippen LogP contribution in [0.2, 0.25) is 0 Å². The van der Waals surface area contributed by atoms with Crippen LogP contribution in [0.15, 0.2) is 30.3 Å². The summed E-state index contributed by atoms with van der Waals surface area (Å²) in [6.45, 7) is 0. The van der Waals surface area contributed by atoms with Crippen LogP contribution in [-0.2, 0) is 16.0 Å². The summed E-state index contributed by atoms with van der Waals surface area (Å²) in [5.41, 5.74) is 0.431. The van der Waals surface area contributed by atoms with Gasteiger partial charge in [0.2, 0.25) is 0 Å². The first kappa shape index (κ1) is 12.6. The number of carbonyl (C=O) groups excluding carboxylic acids is 1. The summed E-state index contributed by atoms with van der Waals surface area (Å²) in [5.74, 6) is -1.26. The van der Waals surface area contributed by atoms with E-state index in [4.69, 9.17) is 0 Å². The molecule has 0 N–H and O–H groups in total. The van der Waals surface area contributed by atoms with Gasteiger partial charge in [0.1, 0.15) is 0 Å². The number of halogens is 4. The number of ketones is 1. The van der Waals surface area contributed by atoms with E-state index in [1.165, 1.54) is 12.1 Å². The van der Waals surface area contributed by atoms with Crippen molar-refractivity contribution in [2.24, 2.45) is 0 Å². The van der Waals surface area contributed by atoms with Crippen molar-refractivity contribution < 1.29 is 27.1 Å². The second-order valence-electron chi connectivity index (χ2n) is 3.01. The van der Waals surface area contributed by atoms with Gasteiger partial charge in [0, 0.05) is 6.42 Å². The Labute approximate surface area is 88.8 Å². The zero-order valence-electron chi connectivity index (χ0n) is 8.00. The summed E-state index contributed by atoms with van der Waals surface area (Å²) >= 11 is 0. The highest BCUT2D eigenvalue weighted by atomic mass is 19.4. The molecule has 16 heavy (non-hydrogen) atoms. The number of benzene rings is 1. The Morgan fingerprint density at radius 2 is 1.81 bits per heavy atom. The highest BCUT2D eigenvalue weighted by Crippen LogP contribution is 2.20. The van der Waals surface area contributed by atoms with E-state index in [0.29, 0.717) is 5.56 Å². The fourth-order valence-electron chi connectivity index (χ4n) is 1.06. The lowest BCUT2D eigenvalue weighted by molar-refractivity contribution is -0.352. The average molecular weight is 236 g/mol. The standard InChI is InChI=1S/C10H8F4O2/c11-9(16-10(12,13)14)8(15)6-7-4-2-1-3-5-7/h1-5,9H,6H2. The van der Waals surface area contributed by atoms with Crippen LogP contribution >= 0.6 is 0 Å². The molecule has 1 unspecified atom stereocenters. The van der Waals surface area contributed by atoms with Crippen LogP contribution in [-0.4, -0.2) is 18.5 Å². The Morgan fingerprint density at radius 1 is 1.25 bits per heavy atom. The van der Waals surface area contributed by atoms with Crippen LogP contribution in [0.1, 0.15) is 5.56 Å². The lowest BCUT2D eigenvalue weighted by Crippen LogP contribution is -2.28. The zero-order chi connectivity index (χ0) is 12.2. The molecule has 1 aromatic carbocycles. The lowest BCUT2D eigenvalue weighted by atomic mass is 10.1. The van der Waals surface area contributed by atoms with Gasteiger partial charge in [-0.3, -0.25) is 4.79 Å². The number of carbonyl (C=O) groups is 1. The molecule has 0 aromatic heterocycles. The van der Waals surface area contributed by atoms with Gasteiger partial charge in [-0.1, -0.05) is 30.3 Å². The molecule has 0 amide bonds. The molecule has 2 nitrogen and oxygen atoms in total. The van der Waals surface area contributed by atoms with E-state index in [2.05, 4.69) is 4.74 Å². The van der Waals surface area contributed by atoms with Gasteiger partial charge in [-0.05, 0) is 5.56 Å². The van der Waals surface area contributed by atoms with E-state index in [-0.39, 0.29) is 0 Å². The number of Topliss-reactive ketones (excluding diaryl/α,β-unsaturated/α-hetero) is 1. The van der Waals surface area contributed by atoms with E-state index in [9.17, 15) is 22.4 Å². The third-order valence-electron chi connectivity index (χ3n) is 1.71. The molecule has 88 valence electrons. The van der Waals surface area contributed by atoms with Crippen molar-refractivity contribution in [1.29, 1.82) is 0 Å². The first-order chi connectivity index (χ1) is 7.38. The van der Waals surface area contributed by atoms with Gasteiger partial charge < -0.3 is 0 Å². The zero-order valence-corrected chi connectivity index (χ0v) is 8.00. The van der Waals surface area contributed by atoms with E-state index >= 15 is 0 Å². The third kappa shape index (κ3) is 4.39. The van der Waals surface area contributed by atoms with Crippen molar-refractivity contribution in [3.8, 4) is 0 Å². The molecule has 6 heteroatoms. The Balaban J connectivity index is 2.53. The molecule has 0 radical (unpaired) electrons. The second-order valence-corrected chi connectivity index (χ2v) is 3.01. The summed E-state index contributed by atoms with van der Waals surface area (Å²) in [6.07, 6.45) is -8.55. The van der Waals surface area contributed by atoms with Gasteiger partial charge in [0.15, 0.2) is 5.78 Å². The molecule has 0 saturated carbocycles. The average Bonchev–Trinajstić information content (AvgIpc) is 2.16. The molecule has 0 heterocycles. The number of ether oxygens (including phenoxy) is 1. The Bertz CT molecular complexity index is 348. The summed E-state index contributed by atoms with van der Waals surface area (Å²) in [7, 11) is 0. The Kier molecular flexibility index (Phi) is 4.00. The van der Waals surface area contributed by atoms with Gasteiger partial charge in [-0.15, -0.1) is 13.2 Å². The summed E-state index contributed by atoms with van der Waals surface area (Å²) < 4.78 is 50.4. The topological polar surface area (TPSA) is 26.3 Å². The van der Waals surface area contributed by atoms with Crippen molar-refractivity contribution in [1.82, 2.24) is 0 Å². The molecule has 0 fully saturated rings. The maximum absolute atomic E-state index is 12.7. The van der Waals surface area contributed by atoms with Gasteiger partial charge in [-0.2, -0.15) is 0 Å². The smallest absolute Gasteiger partial charge is 0.293 e. The lowest BCUT2D eigenvalue weighted by Gasteiger charge is -2.10. The predicted molar refractivity (Wildman–Crippen MR) is 47.2 cm³/mol. The number of hydrogen-bond acceptors (Lipinski definition) is 2. The van der Waals surface area contributed by atoms with Gasteiger partial charge in [0.05, 0.1) is 0 Å². The molecular formula is C10H8F4O2. The molecule has 0 spiro atoms. The van der Waals surface area contributed by atoms with E-state index in [1.54, 1.807) is 18.2 Å². The Hall–Kier alpha value is -1.43. The fourth-order valence-corrected chi connectivity index (χ4v) is 1.06. The van der Waals surface area contributed by atoms with Crippen LogP contribution in [0, 0.1) is 0 Å². The number of rotatable bonds is 4. The Morgan fingerprint density at radius 3 is 2.31 bits per heavy atom. The molecule has 0 aliphatic heterocycles. The van der Waals surface area contributed by atoms with Crippen molar-refractivity contribution in [3.05, 3.63) is 35.9 Å². The molecule has 0 aliphatic rings. The van der Waals surface area contributed by atoms with Crippen molar-refractivity contribution in [3.63, 3.8) is 0 Å². The van der Waals surface area contributed by atoms with Crippen molar-refractivity contribution >= 4 is 5.78 Å². The highest BCUT2D eigenvalue weighted by molar-refractivity contribution is 5.83. The maximum atomic E-state index is 12.7. The summed E-state index contributed by atoms with van der Waals surface area (Å²) in [4.78, 5) is 11.0. The van der Waals surface area contributed by atoms with E-state index in [0.717, 1.165) is 0 Å². The molecule has 1 atom stereocenters. The molecule has 0 bridgehead atoms. The fraction of sp³-hybridized carbons (Fsp3) is 0.300. The minimum atomic E-state index is -5.15. The van der Waals surface area contributed by atoms with Crippen LogP contribution in [0.4, 0.5) is 17.6 Å². The predicted octanol–water partition coefficient (Wildman–Crippen LogP) is 2.63. The van der Waals surface area contributed by atoms with E-state index in [1.807, 2.05) is 0 Å². The molecule has 1 rings (SSSR count). The first-order valence-corrected chi connectivity index (χ1v) is 4.34. The molecule has 0 saturated heterocycles. The molecular weight excluding hydrogens is 228 g/mol. The van der Waals surface area contributed by atoms with Crippen molar-refractivity contribution in [2.75, 3.05) is 0 Å².